The molecule has 2 amide bonds. The number of hydrogen-bond donors (Lipinski definition) is 1. The van der Waals surface area contributed by atoms with Crippen LogP contribution in [0, 0.1) is 16.0 Å². The molecule has 0 radical (unpaired) electrons. The Morgan fingerprint density at radius 1 is 1.21 bits per heavy atom. The number of hydrogen-bond acceptors (Lipinski definition) is 7. The summed E-state index contributed by atoms with van der Waals surface area (Å²) in [5.74, 6) is -1.11. The molecule has 0 aliphatic heterocycles. The van der Waals surface area contributed by atoms with Gasteiger partial charge in [0.1, 0.15) is 13.5 Å². The van der Waals surface area contributed by atoms with Crippen LogP contribution in [-0.4, -0.2) is 56.1 Å². The number of nitro benzene ring substituents is 1. The summed E-state index contributed by atoms with van der Waals surface area (Å²) in [7, 11) is 2.81. The molecule has 0 aliphatic carbocycles. The first-order chi connectivity index (χ1) is 13.3. The van der Waals surface area contributed by atoms with E-state index in [2.05, 4.69) is 5.32 Å². The van der Waals surface area contributed by atoms with Crippen molar-refractivity contribution in [3.63, 3.8) is 0 Å². The van der Waals surface area contributed by atoms with Crippen LogP contribution in [0.25, 0.3) is 0 Å². The lowest BCUT2D eigenvalue weighted by molar-refractivity contribution is -0.384. The van der Waals surface area contributed by atoms with E-state index in [1.165, 1.54) is 43.4 Å². The number of nitrogens with one attached hydrogen (secondary N) is 1. The summed E-state index contributed by atoms with van der Waals surface area (Å²) < 4.78 is 15.4. The molecule has 10 nitrogen and oxygen atoms in total. The zero-order chi connectivity index (χ0) is 21.3. The average molecular weight is 397 g/mol. The highest BCUT2D eigenvalue weighted by Crippen LogP contribution is 2.38. The zero-order valence-electron chi connectivity index (χ0n) is 16.8. The number of nitro groups is 1. The third kappa shape index (κ3) is 4.76. The second-order valence-electron chi connectivity index (χ2n) is 6.21. The van der Waals surface area contributed by atoms with Crippen LogP contribution in [0.1, 0.15) is 26.3 Å². The molecule has 0 aliphatic rings. The van der Waals surface area contributed by atoms with Crippen molar-refractivity contribution in [3.05, 3.63) is 39.9 Å². The number of rotatable bonds is 10. The number of amides is 2. The third-order valence-electron chi connectivity index (χ3n) is 4.24. The molecule has 0 heterocycles. The Morgan fingerprint density at radius 3 is 2.25 bits per heavy atom. The monoisotopic (exact) mass is 397 g/mol. The molecule has 0 aromatic heterocycles. The Kier molecular flexibility index (Phi) is 8.80. The van der Waals surface area contributed by atoms with E-state index in [1.54, 1.807) is 20.8 Å². The Bertz CT molecular complexity index is 678. The molecule has 1 atom stereocenters. The molecule has 10 heteroatoms. The predicted molar refractivity (Wildman–Crippen MR) is 100 cm³/mol. The number of non-ortho nitro benzene ring substituents is 1. The van der Waals surface area contributed by atoms with Crippen molar-refractivity contribution in [1.82, 2.24) is 10.2 Å². The van der Waals surface area contributed by atoms with E-state index in [0.717, 1.165) is 0 Å². The number of benzene rings is 1. The second-order valence-corrected chi connectivity index (χ2v) is 6.21. The van der Waals surface area contributed by atoms with Crippen LogP contribution in [0.15, 0.2) is 24.3 Å². The quantitative estimate of drug-likeness (QED) is 0.278. The Morgan fingerprint density at radius 2 is 1.82 bits per heavy atom. The fraction of sp³-hybridized carbons (Fsp3) is 0.556. The second kappa shape index (κ2) is 10.6. The number of ether oxygens (including phenoxy) is 3. The zero-order valence-corrected chi connectivity index (χ0v) is 16.8. The Hall–Kier alpha value is -2.72. The molecular formula is C18H27N3O7. The van der Waals surface area contributed by atoms with Gasteiger partial charge in [-0.3, -0.25) is 15.0 Å². The van der Waals surface area contributed by atoms with E-state index < -0.39 is 28.4 Å². The molecule has 0 bridgehead atoms. The van der Waals surface area contributed by atoms with E-state index in [1.807, 2.05) is 0 Å². The minimum Gasteiger partial charge on any atom is -0.464 e. The van der Waals surface area contributed by atoms with Crippen LogP contribution >= 0.6 is 0 Å². The summed E-state index contributed by atoms with van der Waals surface area (Å²) in [4.78, 5) is 37.7. The van der Waals surface area contributed by atoms with Gasteiger partial charge in [-0.05, 0) is 30.5 Å². The molecule has 1 aromatic carbocycles. The van der Waals surface area contributed by atoms with Gasteiger partial charge in [-0.25, -0.2) is 9.59 Å². The minimum absolute atomic E-state index is 0.0731. The molecule has 156 valence electrons. The van der Waals surface area contributed by atoms with Gasteiger partial charge in [-0.15, -0.1) is 0 Å². The third-order valence-corrected chi connectivity index (χ3v) is 4.24. The maximum atomic E-state index is 13.2. The number of carbonyl (C=O) groups is 2. The lowest BCUT2D eigenvalue weighted by Crippen LogP contribution is -2.61. The lowest BCUT2D eigenvalue weighted by Gasteiger charge is -2.44. The molecular weight excluding hydrogens is 370 g/mol. The number of esters is 1. The van der Waals surface area contributed by atoms with Gasteiger partial charge < -0.3 is 19.5 Å². The van der Waals surface area contributed by atoms with Gasteiger partial charge in [-0.1, -0.05) is 13.8 Å². The van der Waals surface area contributed by atoms with Crippen LogP contribution in [0.3, 0.4) is 0 Å². The summed E-state index contributed by atoms with van der Waals surface area (Å²) in [5.41, 5.74) is -1.33. The SMILES string of the molecule is CCOC(=O)[C@@](c1ccc([N+](=O)[O-])cc1)(C(C)C)N(COC)C(=O)NCOC. The van der Waals surface area contributed by atoms with E-state index in [-0.39, 0.29) is 25.8 Å². The molecule has 0 saturated carbocycles. The largest absolute Gasteiger partial charge is 0.464 e. The number of nitrogens with zero attached hydrogens (tertiary/aromatic N) is 2. The summed E-state index contributed by atoms with van der Waals surface area (Å²) >= 11 is 0. The van der Waals surface area contributed by atoms with Gasteiger partial charge in [0, 0.05) is 26.4 Å². The average Bonchev–Trinajstić information content (AvgIpc) is 2.66. The lowest BCUT2D eigenvalue weighted by atomic mass is 9.78. The predicted octanol–water partition coefficient (Wildman–Crippen LogP) is 2.23. The van der Waals surface area contributed by atoms with Gasteiger partial charge in [0.25, 0.3) is 5.69 Å². The molecule has 1 aromatic rings. The first-order valence-corrected chi connectivity index (χ1v) is 8.72. The fourth-order valence-corrected chi connectivity index (χ4v) is 3.02. The highest BCUT2D eigenvalue weighted by molar-refractivity contribution is 5.89. The van der Waals surface area contributed by atoms with Crippen molar-refractivity contribution in [2.45, 2.75) is 26.3 Å². The standard InChI is InChI=1S/C18H27N3O7/c1-6-28-16(22)18(13(2)3,14-7-9-15(10-8-14)21(24)25)20(12-27-5)17(23)19-11-26-4/h7-10,13H,6,11-12H2,1-5H3,(H,19,23)/t18-/m0/s1. The van der Waals surface area contributed by atoms with Gasteiger partial charge in [0.15, 0.2) is 5.54 Å². The molecule has 1 rings (SSSR count). The van der Waals surface area contributed by atoms with E-state index >= 15 is 0 Å². The molecule has 28 heavy (non-hydrogen) atoms. The van der Waals surface area contributed by atoms with Crippen molar-refractivity contribution in [2.75, 3.05) is 34.3 Å². The summed E-state index contributed by atoms with van der Waals surface area (Å²) in [5, 5.41) is 13.5. The van der Waals surface area contributed by atoms with Crippen molar-refractivity contribution in [3.8, 4) is 0 Å². The first-order valence-electron chi connectivity index (χ1n) is 8.72. The summed E-state index contributed by atoms with van der Waals surface area (Å²) in [6.45, 7) is 4.97. The minimum atomic E-state index is -1.57. The fourth-order valence-electron chi connectivity index (χ4n) is 3.02. The van der Waals surface area contributed by atoms with Gasteiger partial charge in [0.05, 0.1) is 11.5 Å². The molecule has 0 fully saturated rings. The Labute approximate surface area is 163 Å². The first kappa shape index (κ1) is 23.3. The summed E-state index contributed by atoms with van der Waals surface area (Å²) in [6.07, 6.45) is 0. The topological polar surface area (TPSA) is 120 Å². The van der Waals surface area contributed by atoms with Crippen molar-refractivity contribution < 1.29 is 28.7 Å². The van der Waals surface area contributed by atoms with Gasteiger partial charge in [0.2, 0.25) is 0 Å². The van der Waals surface area contributed by atoms with E-state index in [4.69, 9.17) is 14.2 Å². The maximum Gasteiger partial charge on any atom is 0.337 e. The Balaban J connectivity index is 3.64. The highest BCUT2D eigenvalue weighted by Gasteiger charge is 2.52. The van der Waals surface area contributed by atoms with E-state index in [0.29, 0.717) is 5.56 Å². The number of urea groups is 1. The molecule has 0 unspecified atom stereocenters. The number of carbonyl (C=O) groups excluding carboxylic acids is 2. The van der Waals surface area contributed by atoms with Crippen LogP contribution in [0.2, 0.25) is 0 Å². The van der Waals surface area contributed by atoms with Gasteiger partial charge >= 0.3 is 12.0 Å². The summed E-state index contributed by atoms with van der Waals surface area (Å²) in [6, 6.07) is 4.85. The maximum absolute atomic E-state index is 13.2. The molecule has 0 saturated heterocycles. The van der Waals surface area contributed by atoms with Crippen molar-refractivity contribution >= 4 is 17.7 Å². The smallest absolute Gasteiger partial charge is 0.337 e. The molecule has 1 N–H and O–H groups in total. The highest BCUT2D eigenvalue weighted by atomic mass is 16.6. The van der Waals surface area contributed by atoms with Crippen LogP contribution in [0.4, 0.5) is 10.5 Å². The number of methoxy groups -OCH3 is 2. The van der Waals surface area contributed by atoms with Crippen molar-refractivity contribution in [2.24, 2.45) is 5.92 Å². The van der Waals surface area contributed by atoms with Gasteiger partial charge in [-0.2, -0.15) is 0 Å². The van der Waals surface area contributed by atoms with Crippen molar-refractivity contribution in [1.29, 1.82) is 0 Å². The van der Waals surface area contributed by atoms with E-state index in [9.17, 15) is 19.7 Å². The van der Waals surface area contributed by atoms with Crippen LogP contribution < -0.4 is 5.32 Å². The van der Waals surface area contributed by atoms with Crippen LogP contribution in [0.5, 0.6) is 0 Å². The molecule has 0 spiro atoms. The normalized spacial score (nSPS) is 12.9. The van der Waals surface area contributed by atoms with Crippen LogP contribution in [-0.2, 0) is 24.5 Å².